The summed E-state index contributed by atoms with van der Waals surface area (Å²) in [5.74, 6) is 0.403. The maximum absolute atomic E-state index is 12.2. The number of alkyl halides is 3. The number of rotatable bonds is 7. The zero-order valence-corrected chi connectivity index (χ0v) is 15.2. The number of benzene rings is 1. The SMILES string of the molecule is CC(\C=C/C=N/N=C(/[C@H](C)Cc1ccccc1)N(C)C)CC(F)(F)F. The number of nitrogens with zero attached hydrogens (tertiary/aromatic N) is 3. The lowest BCUT2D eigenvalue weighted by Crippen LogP contribution is -2.29. The maximum atomic E-state index is 12.2. The van der Waals surface area contributed by atoms with Crippen molar-refractivity contribution in [3.63, 3.8) is 0 Å². The van der Waals surface area contributed by atoms with Crippen LogP contribution in [0.4, 0.5) is 13.2 Å². The molecule has 0 amide bonds. The van der Waals surface area contributed by atoms with Crippen LogP contribution in [0.2, 0.25) is 0 Å². The van der Waals surface area contributed by atoms with Crippen molar-refractivity contribution in [1.82, 2.24) is 4.90 Å². The average molecular weight is 353 g/mol. The second-order valence-corrected chi connectivity index (χ2v) is 6.39. The van der Waals surface area contributed by atoms with Crippen LogP contribution in [0.15, 0.2) is 52.7 Å². The van der Waals surface area contributed by atoms with Crippen molar-refractivity contribution in [3.05, 3.63) is 48.0 Å². The molecule has 1 unspecified atom stereocenters. The van der Waals surface area contributed by atoms with Crippen LogP contribution in [-0.4, -0.2) is 37.2 Å². The van der Waals surface area contributed by atoms with E-state index in [0.29, 0.717) is 0 Å². The van der Waals surface area contributed by atoms with E-state index in [1.54, 1.807) is 0 Å². The van der Waals surface area contributed by atoms with E-state index in [1.165, 1.54) is 30.9 Å². The molecule has 25 heavy (non-hydrogen) atoms. The lowest BCUT2D eigenvalue weighted by Gasteiger charge is -2.20. The Hall–Kier alpha value is -2.11. The molecule has 0 aliphatic rings. The molecule has 1 aromatic carbocycles. The highest BCUT2D eigenvalue weighted by atomic mass is 19.4. The van der Waals surface area contributed by atoms with Crippen LogP contribution < -0.4 is 0 Å². The van der Waals surface area contributed by atoms with Crippen LogP contribution in [0.1, 0.15) is 25.8 Å². The molecular weight excluding hydrogens is 327 g/mol. The van der Waals surface area contributed by atoms with Crippen LogP contribution in [0.25, 0.3) is 0 Å². The van der Waals surface area contributed by atoms with Gasteiger partial charge in [0.1, 0.15) is 5.84 Å². The monoisotopic (exact) mass is 353 g/mol. The first-order valence-electron chi connectivity index (χ1n) is 8.24. The van der Waals surface area contributed by atoms with E-state index in [-0.39, 0.29) is 5.92 Å². The highest BCUT2D eigenvalue weighted by molar-refractivity contribution is 5.85. The molecule has 138 valence electrons. The van der Waals surface area contributed by atoms with Crippen LogP contribution >= 0.6 is 0 Å². The third-order valence-electron chi connectivity index (χ3n) is 3.59. The first-order chi connectivity index (χ1) is 11.7. The smallest absolute Gasteiger partial charge is 0.364 e. The van der Waals surface area contributed by atoms with Gasteiger partial charge in [0, 0.05) is 32.6 Å². The topological polar surface area (TPSA) is 28.0 Å². The van der Waals surface area contributed by atoms with Gasteiger partial charge in [-0.3, -0.25) is 0 Å². The molecule has 6 heteroatoms. The molecule has 0 fully saturated rings. The summed E-state index contributed by atoms with van der Waals surface area (Å²) in [6.07, 6.45) is 0.267. The molecule has 0 aliphatic heterocycles. The summed E-state index contributed by atoms with van der Waals surface area (Å²) in [6.45, 7) is 3.59. The Bertz CT molecular complexity index is 590. The van der Waals surface area contributed by atoms with Gasteiger partial charge in [-0.25, -0.2) is 0 Å². The summed E-state index contributed by atoms with van der Waals surface area (Å²) in [6, 6.07) is 10.1. The lowest BCUT2D eigenvalue weighted by molar-refractivity contribution is -0.140. The molecule has 0 radical (unpaired) electrons. The van der Waals surface area contributed by atoms with E-state index < -0.39 is 18.5 Å². The molecule has 0 spiro atoms. The minimum atomic E-state index is -4.15. The average Bonchev–Trinajstić information content (AvgIpc) is 2.49. The number of hydrogen-bond acceptors (Lipinski definition) is 2. The van der Waals surface area contributed by atoms with Crippen molar-refractivity contribution in [2.75, 3.05) is 14.1 Å². The van der Waals surface area contributed by atoms with Gasteiger partial charge >= 0.3 is 6.18 Å². The Morgan fingerprint density at radius 1 is 1.16 bits per heavy atom. The summed E-state index contributed by atoms with van der Waals surface area (Å²) in [7, 11) is 3.80. The van der Waals surface area contributed by atoms with Crippen molar-refractivity contribution < 1.29 is 13.2 Å². The van der Waals surface area contributed by atoms with Gasteiger partial charge < -0.3 is 4.90 Å². The Morgan fingerprint density at radius 2 is 1.80 bits per heavy atom. The second kappa shape index (κ2) is 10.0. The summed E-state index contributed by atoms with van der Waals surface area (Å²) < 4.78 is 36.7. The minimum absolute atomic E-state index is 0.169. The van der Waals surface area contributed by atoms with Gasteiger partial charge in [-0.1, -0.05) is 50.3 Å². The predicted octanol–water partition coefficient (Wildman–Crippen LogP) is 4.96. The first-order valence-corrected chi connectivity index (χ1v) is 8.24. The zero-order valence-electron chi connectivity index (χ0n) is 15.2. The molecule has 1 aromatic rings. The highest BCUT2D eigenvalue weighted by Crippen LogP contribution is 2.24. The summed E-state index contributed by atoms with van der Waals surface area (Å²) >= 11 is 0. The van der Waals surface area contributed by atoms with Gasteiger partial charge in [-0.2, -0.15) is 18.3 Å². The maximum Gasteiger partial charge on any atom is 0.389 e. The Morgan fingerprint density at radius 3 is 2.36 bits per heavy atom. The molecule has 0 saturated carbocycles. The lowest BCUT2D eigenvalue weighted by atomic mass is 10.00. The van der Waals surface area contributed by atoms with E-state index >= 15 is 0 Å². The third kappa shape index (κ3) is 9.08. The molecule has 0 aliphatic carbocycles. The van der Waals surface area contributed by atoms with E-state index in [2.05, 4.69) is 29.3 Å². The van der Waals surface area contributed by atoms with Crippen molar-refractivity contribution in [1.29, 1.82) is 0 Å². The summed E-state index contributed by atoms with van der Waals surface area (Å²) in [5.41, 5.74) is 1.22. The van der Waals surface area contributed by atoms with Gasteiger partial charge in [-0.15, -0.1) is 5.10 Å². The summed E-state index contributed by atoms with van der Waals surface area (Å²) in [5, 5.41) is 8.21. The van der Waals surface area contributed by atoms with Crippen LogP contribution in [-0.2, 0) is 6.42 Å². The van der Waals surface area contributed by atoms with Gasteiger partial charge in [0.05, 0.1) is 0 Å². The quantitative estimate of drug-likeness (QED) is 0.387. The van der Waals surface area contributed by atoms with E-state index in [1.807, 2.05) is 37.2 Å². The van der Waals surface area contributed by atoms with Crippen LogP contribution in [0, 0.1) is 11.8 Å². The number of halogens is 3. The van der Waals surface area contributed by atoms with E-state index in [9.17, 15) is 13.2 Å². The molecular formula is C19H26F3N3. The van der Waals surface area contributed by atoms with Gasteiger partial charge in [0.15, 0.2) is 0 Å². The Balaban J connectivity index is 2.66. The van der Waals surface area contributed by atoms with Gasteiger partial charge in [0.2, 0.25) is 0 Å². The molecule has 0 aromatic heterocycles. The zero-order chi connectivity index (χ0) is 18.9. The first kappa shape index (κ1) is 20.9. The fourth-order valence-corrected chi connectivity index (χ4v) is 2.49. The second-order valence-electron chi connectivity index (χ2n) is 6.39. The number of amidine groups is 1. The molecule has 3 nitrogen and oxygen atoms in total. The Labute approximate surface area is 148 Å². The summed E-state index contributed by atoms with van der Waals surface area (Å²) in [4.78, 5) is 1.90. The van der Waals surface area contributed by atoms with Crippen LogP contribution in [0.3, 0.4) is 0 Å². The number of allylic oxidation sites excluding steroid dienone is 2. The fraction of sp³-hybridized carbons (Fsp3) is 0.474. The largest absolute Gasteiger partial charge is 0.389 e. The predicted molar refractivity (Wildman–Crippen MR) is 97.9 cm³/mol. The van der Waals surface area contributed by atoms with Crippen molar-refractivity contribution in [2.45, 2.75) is 32.9 Å². The molecule has 0 heterocycles. The van der Waals surface area contributed by atoms with Crippen molar-refractivity contribution >= 4 is 12.1 Å². The molecule has 0 N–H and O–H groups in total. The number of hydrogen-bond donors (Lipinski definition) is 0. The van der Waals surface area contributed by atoms with Crippen LogP contribution in [0.5, 0.6) is 0 Å². The normalized spacial score (nSPS) is 15.7. The fourth-order valence-electron chi connectivity index (χ4n) is 2.49. The van der Waals surface area contributed by atoms with E-state index in [0.717, 1.165) is 12.3 Å². The third-order valence-corrected chi connectivity index (χ3v) is 3.59. The highest BCUT2D eigenvalue weighted by Gasteiger charge is 2.28. The van der Waals surface area contributed by atoms with Gasteiger partial charge in [0.25, 0.3) is 0 Å². The molecule has 1 rings (SSSR count). The van der Waals surface area contributed by atoms with Crippen molar-refractivity contribution in [3.8, 4) is 0 Å². The molecule has 0 bridgehead atoms. The minimum Gasteiger partial charge on any atom is -0.364 e. The van der Waals surface area contributed by atoms with E-state index in [4.69, 9.17) is 0 Å². The van der Waals surface area contributed by atoms with Crippen molar-refractivity contribution in [2.24, 2.45) is 22.0 Å². The molecule has 0 saturated heterocycles. The van der Waals surface area contributed by atoms with Gasteiger partial charge in [-0.05, 0) is 24.0 Å². The molecule has 2 atom stereocenters. The Kier molecular flexibility index (Phi) is 8.38. The standard InChI is InChI=1S/C19H26F3N3/c1-15(14-19(20,21)22)9-8-12-23-24-18(25(3)4)16(2)13-17-10-6-5-7-11-17/h5-12,15-16H,13-14H2,1-4H3/b9-8-,23-12+,24-18-/t15?,16-/m1/s1.